The van der Waals surface area contributed by atoms with Gasteiger partial charge in [-0.2, -0.15) is 0 Å². The molecule has 0 fully saturated rings. The second kappa shape index (κ2) is 4.30. The second-order valence-electron chi connectivity index (χ2n) is 1.88. The zero-order chi connectivity index (χ0) is 7.23. The lowest BCUT2D eigenvalue weighted by Gasteiger charge is -1.96. The quantitative estimate of drug-likeness (QED) is 0.676. The highest BCUT2D eigenvalue weighted by molar-refractivity contribution is 7.92. The first kappa shape index (κ1) is 7.57. The Morgan fingerprint density at radius 1 is 1.30 bits per heavy atom. The number of rotatable bonds is 3. The Hall–Kier alpha value is -0.540. The van der Waals surface area contributed by atoms with Gasteiger partial charge in [0.15, 0.2) is 0 Å². The number of halogens is 1. The molecule has 1 rings (SSSR count). The van der Waals surface area contributed by atoms with E-state index in [0.29, 0.717) is 6.54 Å². The summed E-state index contributed by atoms with van der Waals surface area (Å²) >= 11 is 0.146. The van der Waals surface area contributed by atoms with E-state index in [1.54, 1.807) is 0 Å². The van der Waals surface area contributed by atoms with Crippen molar-refractivity contribution in [3.63, 3.8) is 0 Å². The third-order valence-corrected chi connectivity index (χ3v) is 1.43. The Morgan fingerprint density at radius 2 is 2.00 bits per heavy atom. The largest absolute Gasteiger partial charge is 0.231 e. The molecule has 0 aromatic heterocycles. The van der Waals surface area contributed by atoms with E-state index in [1.807, 2.05) is 30.3 Å². The highest BCUT2D eigenvalue weighted by atomic mass is 32.2. The molecule has 0 heterocycles. The minimum atomic E-state index is 0.146. The molecule has 0 amide bonds. The highest BCUT2D eigenvalue weighted by Crippen LogP contribution is 2.00. The Balaban J connectivity index is 2.43. The van der Waals surface area contributed by atoms with E-state index in [1.165, 1.54) is 0 Å². The van der Waals surface area contributed by atoms with Crippen LogP contribution in [0.1, 0.15) is 5.56 Å². The van der Waals surface area contributed by atoms with Gasteiger partial charge < -0.3 is 0 Å². The van der Waals surface area contributed by atoms with E-state index in [4.69, 9.17) is 0 Å². The normalized spacial score (nSPS) is 9.70. The molecular formula is C7H8FNS. The molecule has 0 bridgehead atoms. The van der Waals surface area contributed by atoms with E-state index >= 15 is 0 Å². The van der Waals surface area contributed by atoms with Gasteiger partial charge in [-0.05, 0) is 5.56 Å². The van der Waals surface area contributed by atoms with Gasteiger partial charge in [-0.25, -0.2) is 4.72 Å². The van der Waals surface area contributed by atoms with Crippen LogP contribution in [0.25, 0.3) is 0 Å². The molecule has 1 aromatic carbocycles. The van der Waals surface area contributed by atoms with Gasteiger partial charge in [0.25, 0.3) is 0 Å². The third-order valence-electron chi connectivity index (χ3n) is 1.17. The molecule has 0 aliphatic heterocycles. The Labute approximate surface area is 64.1 Å². The Bertz CT molecular complexity index is 178. The van der Waals surface area contributed by atoms with Gasteiger partial charge in [-0.15, -0.1) is 3.89 Å². The molecule has 0 aliphatic carbocycles. The number of benzene rings is 1. The summed E-state index contributed by atoms with van der Waals surface area (Å²) in [4.78, 5) is 0. The molecule has 0 aliphatic rings. The van der Waals surface area contributed by atoms with Crippen molar-refractivity contribution < 1.29 is 3.89 Å². The minimum Gasteiger partial charge on any atom is -0.231 e. The van der Waals surface area contributed by atoms with E-state index in [2.05, 4.69) is 4.72 Å². The first-order valence-electron chi connectivity index (χ1n) is 2.98. The van der Waals surface area contributed by atoms with Crippen LogP contribution in [0.5, 0.6) is 0 Å². The SMILES string of the molecule is FSNCc1ccccc1. The van der Waals surface area contributed by atoms with Crippen molar-refractivity contribution in [3.8, 4) is 0 Å². The van der Waals surface area contributed by atoms with Crippen LogP contribution in [0.3, 0.4) is 0 Å². The third kappa shape index (κ3) is 2.37. The van der Waals surface area contributed by atoms with Gasteiger partial charge in [0.05, 0.1) is 0 Å². The van der Waals surface area contributed by atoms with E-state index in [9.17, 15) is 3.89 Å². The van der Waals surface area contributed by atoms with Crippen LogP contribution in [0, 0.1) is 0 Å². The molecule has 1 aromatic rings. The Morgan fingerprint density at radius 3 is 2.60 bits per heavy atom. The average molecular weight is 157 g/mol. The van der Waals surface area contributed by atoms with E-state index in [-0.39, 0.29) is 12.3 Å². The lowest BCUT2D eigenvalue weighted by molar-refractivity contribution is 0.873. The fraction of sp³-hybridized carbons (Fsp3) is 0.143. The van der Waals surface area contributed by atoms with Gasteiger partial charge in [0.2, 0.25) is 0 Å². The van der Waals surface area contributed by atoms with Gasteiger partial charge in [-0.1, -0.05) is 30.3 Å². The molecule has 54 valence electrons. The first-order chi connectivity index (χ1) is 4.93. The lowest BCUT2D eigenvalue weighted by Crippen LogP contribution is -1.99. The maximum atomic E-state index is 11.5. The summed E-state index contributed by atoms with van der Waals surface area (Å²) in [7, 11) is 0. The van der Waals surface area contributed by atoms with E-state index in [0.717, 1.165) is 5.56 Å². The van der Waals surface area contributed by atoms with Crippen LogP contribution in [0.2, 0.25) is 0 Å². The summed E-state index contributed by atoms with van der Waals surface area (Å²) in [6.45, 7) is 0.571. The first-order valence-corrected chi connectivity index (χ1v) is 3.69. The molecule has 0 saturated carbocycles. The molecule has 0 spiro atoms. The minimum absolute atomic E-state index is 0.146. The van der Waals surface area contributed by atoms with Crippen LogP contribution in [0.4, 0.5) is 3.89 Å². The Kier molecular flexibility index (Phi) is 3.26. The zero-order valence-corrected chi connectivity index (χ0v) is 6.20. The van der Waals surface area contributed by atoms with E-state index < -0.39 is 0 Å². The van der Waals surface area contributed by atoms with Crippen LogP contribution >= 0.6 is 12.3 Å². The number of hydrogen-bond donors (Lipinski definition) is 1. The molecule has 1 N–H and O–H groups in total. The van der Waals surface area contributed by atoms with Crippen molar-refractivity contribution in [2.45, 2.75) is 6.54 Å². The van der Waals surface area contributed by atoms with Crippen molar-refractivity contribution in [3.05, 3.63) is 35.9 Å². The highest BCUT2D eigenvalue weighted by Gasteiger charge is 1.87. The van der Waals surface area contributed by atoms with Gasteiger partial charge in [0, 0.05) is 6.54 Å². The molecule has 3 heteroatoms. The smallest absolute Gasteiger partial charge is 0.131 e. The molecule has 1 nitrogen and oxygen atoms in total. The second-order valence-corrected chi connectivity index (χ2v) is 2.33. The van der Waals surface area contributed by atoms with Gasteiger partial charge in [-0.3, -0.25) is 0 Å². The van der Waals surface area contributed by atoms with Gasteiger partial charge in [0.1, 0.15) is 12.3 Å². The van der Waals surface area contributed by atoms with Crippen molar-refractivity contribution in [1.82, 2.24) is 4.72 Å². The van der Waals surface area contributed by atoms with Crippen molar-refractivity contribution in [1.29, 1.82) is 0 Å². The number of nitrogens with one attached hydrogen (secondary N) is 1. The maximum absolute atomic E-state index is 11.5. The number of hydrogen-bond acceptors (Lipinski definition) is 2. The van der Waals surface area contributed by atoms with Crippen molar-refractivity contribution in [2.75, 3.05) is 0 Å². The maximum Gasteiger partial charge on any atom is 0.131 e. The summed E-state index contributed by atoms with van der Waals surface area (Å²) in [6.07, 6.45) is 0. The molecule has 0 radical (unpaired) electrons. The summed E-state index contributed by atoms with van der Waals surface area (Å²) in [6, 6.07) is 9.69. The molecule has 0 unspecified atom stereocenters. The van der Waals surface area contributed by atoms with Crippen molar-refractivity contribution >= 4 is 12.3 Å². The standard InChI is InChI=1S/C7H8FNS/c8-10-9-6-7-4-2-1-3-5-7/h1-5,9H,6H2. The van der Waals surface area contributed by atoms with Crippen LogP contribution in [-0.4, -0.2) is 0 Å². The summed E-state index contributed by atoms with van der Waals surface area (Å²) in [5.74, 6) is 0. The average Bonchev–Trinajstić information content (AvgIpc) is 2.03. The predicted octanol–water partition coefficient (Wildman–Crippen LogP) is 2.31. The lowest BCUT2D eigenvalue weighted by atomic mass is 10.2. The van der Waals surface area contributed by atoms with Gasteiger partial charge >= 0.3 is 0 Å². The molecule has 10 heavy (non-hydrogen) atoms. The predicted molar refractivity (Wildman–Crippen MR) is 42.0 cm³/mol. The molecule has 0 saturated heterocycles. The fourth-order valence-corrected chi connectivity index (χ4v) is 0.928. The summed E-state index contributed by atoms with van der Waals surface area (Å²) in [5.41, 5.74) is 1.09. The zero-order valence-electron chi connectivity index (χ0n) is 5.38. The fourth-order valence-electron chi connectivity index (χ4n) is 0.706. The molecular weight excluding hydrogens is 149 g/mol. The van der Waals surface area contributed by atoms with Crippen LogP contribution < -0.4 is 4.72 Å². The topological polar surface area (TPSA) is 12.0 Å². The molecule has 0 atom stereocenters. The van der Waals surface area contributed by atoms with Crippen molar-refractivity contribution in [2.24, 2.45) is 0 Å². The van der Waals surface area contributed by atoms with Crippen LogP contribution in [-0.2, 0) is 6.54 Å². The van der Waals surface area contributed by atoms with Crippen LogP contribution in [0.15, 0.2) is 30.3 Å². The monoisotopic (exact) mass is 157 g/mol. The summed E-state index contributed by atoms with van der Waals surface area (Å²) in [5, 5.41) is 0. The summed E-state index contributed by atoms with van der Waals surface area (Å²) < 4.78 is 14.0.